The third-order valence-corrected chi connectivity index (χ3v) is 6.72. The molecular formula is C29H31N3O5. The van der Waals surface area contributed by atoms with E-state index in [0.717, 1.165) is 16.5 Å². The number of hydrogen-bond acceptors (Lipinski definition) is 7. The molecule has 0 aliphatic heterocycles. The van der Waals surface area contributed by atoms with Gasteiger partial charge in [-0.2, -0.15) is 0 Å². The summed E-state index contributed by atoms with van der Waals surface area (Å²) >= 11 is 0. The van der Waals surface area contributed by atoms with Crippen molar-refractivity contribution in [2.24, 2.45) is 5.41 Å². The van der Waals surface area contributed by atoms with Crippen molar-refractivity contribution in [3.63, 3.8) is 0 Å². The zero-order valence-electron chi connectivity index (χ0n) is 21.6. The SMILES string of the molecule is COc1cc2nccc(Oc3ccc(NC(=O)OC(C=N)C4(C)C=CC=CC4)c(C)c3C)c2cc1OC. The molecule has 0 spiro atoms. The quantitative estimate of drug-likeness (QED) is 0.331. The van der Waals surface area contributed by atoms with Gasteiger partial charge in [0.2, 0.25) is 0 Å². The number of amides is 1. The number of allylic oxidation sites excluding steroid dienone is 3. The predicted molar refractivity (Wildman–Crippen MR) is 145 cm³/mol. The van der Waals surface area contributed by atoms with E-state index in [2.05, 4.69) is 10.3 Å². The van der Waals surface area contributed by atoms with Gasteiger partial charge in [-0.15, -0.1) is 0 Å². The lowest BCUT2D eigenvalue weighted by Crippen LogP contribution is -2.37. The topological polar surface area (TPSA) is 103 Å². The maximum atomic E-state index is 12.7. The number of carbonyl (C=O) groups excluding carboxylic acids is 1. The largest absolute Gasteiger partial charge is 0.493 e. The first-order valence-corrected chi connectivity index (χ1v) is 11.9. The van der Waals surface area contributed by atoms with Crippen LogP contribution in [0, 0.1) is 24.7 Å². The van der Waals surface area contributed by atoms with Crippen LogP contribution in [0.3, 0.4) is 0 Å². The fourth-order valence-corrected chi connectivity index (χ4v) is 4.27. The van der Waals surface area contributed by atoms with Gasteiger partial charge in [0.05, 0.1) is 19.7 Å². The summed E-state index contributed by atoms with van der Waals surface area (Å²) in [4.78, 5) is 17.1. The Morgan fingerprint density at radius 1 is 1.05 bits per heavy atom. The molecule has 2 N–H and O–H groups in total. The highest BCUT2D eigenvalue weighted by Gasteiger charge is 2.33. The van der Waals surface area contributed by atoms with Gasteiger partial charge in [0, 0.05) is 35.0 Å². The molecule has 1 aliphatic rings. The number of fused-ring (bicyclic) bond motifs is 1. The van der Waals surface area contributed by atoms with Gasteiger partial charge in [-0.25, -0.2) is 4.79 Å². The fourth-order valence-electron chi connectivity index (χ4n) is 4.27. The number of pyridine rings is 1. The summed E-state index contributed by atoms with van der Waals surface area (Å²) in [5, 5.41) is 11.4. The third kappa shape index (κ3) is 5.28. The Morgan fingerprint density at radius 2 is 1.81 bits per heavy atom. The van der Waals surface area contributed by atoms with Crippen LogP contribution in [0.15, 0.2) is 60.8 Å². The van der Waals surface area contributed by atoms with E-state index in [4.69, 9.17) is 24.4 Å². The van der Waals surface area contributed by atoms with Gasteiger partial charge in [-0.05, 0) is 55.7 Å². The number of nitrogens with zero attached hydrogens (tertiary/aromatic N) is 1. The lowest BCUT2D eigenvalue weighted by atomic mass is 9.79. The van der Waals surface area contributed by atoms with Crippen molar-refractivity contribution in [2.75, 3.05) is 19.5 Å². The number of ether oxygens (including phenoxy) is 4. The van der Waals surface area contributed by atoms with Gasteiger partial charge >= 0.3 is 6.09 Å². The van der Waals surface area contributed by atoms with Crippen molar-refractivity contribution in [2.45, 2.75) is 33.3 Å². The van der Waals surface area contributed by atoms with E-state index in [0.29, 0.717) is 40.6 Å². The first kappa shape index (κ1) is 25.8. The van der Waals surface area contributed by atoms with Crippen molar-refractivity contribution >= 4 is 28.9 Å². The Bertz CT molecular complexity index is 1400. The molecular weight excluding hydrogens is 470 g/mol. The molecule has 8 heteroatoms. The van der Waals surface area contributed by atoms with E-state index in [1.54, 1.807) is 44.7 Å². The second-order valence-electron chi connectivity index (χ2n) is 9.11. The number of carbonyl (C=O) groups is 1. The van der Waals surface area contributed by atoms with E-state index >= 15 is 0 Å². The van der Waals surface area contributed by atoms with Crippen LogP contribution in [0.2, 0.25) is 0 Å². The van der Waals surface area contributed by atoms with E-state index in [9.17, 15) is 4.79 Å². The van der Waals surface area contributed by atoms with Crippen LogP contribution in [0.5, 0.6) is 23.0 Å². The highest BCUT2D eigenvalue weighted by molar-refractivity contribution is 5.89. The highest BCUT2D eigenvalue weighted by atomic mass is 16.6. The Hall–Kier alpha value is -4.33. The first-order chi connectivity index (χ1) is 17.8. The smallest absolute Gasteiger partial charge is 0.412 e. The molecule has 37 heavy (non-hydrogen) atoms. The van der Waals surface area contributed by atoms with Crippen molar-refractivity contribution in [3.8, 4) is 23.0 Å². The summed E-state index contributed by atoms with van der Waals surface area (Å²) in [5.74, 6) is 2.42. The Labute approximate surface area is 216 Å². The Kier molecular flexibility index (Phi) is 7.47. The normalized spacial score (nSPS) is 17.2. The van der Waals surface area contributed by atoms with Crippen LogP contribution >= 0.6 is 0 Å². The van der Waals surface area contributed by atoms with Gasteiger partial charge < -0.3 is 24.4 Å². The van der Waals surface area contributed by atoms with Gasteiger partial charge in [-0.1, -0.05) is 31.2 Å². The maximum Gasteiger partial charge on any atom is 0.412 e. The molecule has 4 rings (SSSR count). The molecule has 1 aliphatic carbocycles. The van der Waals surface area contributed by atoms with Crippen LogP contribution < -0.4 is 19.5 Å². The molecule has 1 aromatic heterocycles. The van der Waals surface area contributed by atoms with E-state index in [-0.39, 0.29) is 0 Å². The molecule has 3 aromatic rings. The molecule has 0 saturated heterocycles. The molecule has 1 heterocycles. The average Bonchev–Trinajstić information content (AvgIpc) is 2.91. The molecule has 2 unspecified atom stereocenters. The molecule has 0 radical (unpaired) electrons. The van der Waals surface area contributed by atoms with Crippen LogP contribution in [0.4, 0.5) is 10.5 Å². The summed E-state index contributed by atoms with van der Waals surface area (Å²) in [7, 11) is 3.16. The number of rotatable bonds is 8. The second kappa shape index (κ2) is 10.7. The summed E-state index contributed by atoms with van der Waals surface area (Å²) in [6.45, 7) is 5.79. The summed E-state index contributed by atoms with van der Waals surface area (Å²) < 4.78 is 22.7. The molecule has 8 nitrogen and oxygen atoms in total. The molecule has 2 atom stereocenters. The van der Waals surface area contributed by atoms with E-state index in [1.807, 2.05) is 51.1 Å². The summed E-state index contributed by atoms with van der Waals surface area (Å²) in [6, 6.07) is 9.01. The fraction of sp³-hybridized carbons (Fsp3) is 0.276. The zero-order valence-corrected chi connectivity index (χ0v) is 21.6. The zero-order chi connectivity index (χ0) is 26.6. The summed E-state index contributed by atoms with van der Waals surface area (Å²) in [5.41, 5.74) is 2.55. The van der Waals surface area contributed by atoms with Gasteiger partial charge in [0.15, 0.2) is 11.5 Å². The third-order valence-electron chi connectivity index (χ3n) is 6.72. The lowest BCUT2D eigenvalue weighted by Gasteiger charge is -2.32. The number of methoxy groups -OCH3 is 2. The minimum absolute atomic E-state index is 0.462. The van der Waals surface area contributed by atoms with Crippen molar-refractivity contribution in [3.05, 3.63) is 72.0 Å². The van der Waals surface area contributed by atoms with E-state index in [1.165, 1.54) is 6.21 Å². The Morgan fingerprint density at radius 3 is 2.49 bits per heavy atom. The van der Waals surface area contributed by atoms with Gasteiger partial charge in [0.25, 0.3) is 0 Å². The van der Waals surface area contributed by atoms with Crippen molar-refractivity contribution in [1.29, 1.82) is 5.41 Å². The minimum Gasteiger partial charge on any atom is -0.493 e. The number of aromatic nitrogens is 1. The molecule has 0 bridgehead atoms. The van der Waals surface area contributed by atoms with E-state index < -0.39 is 17.6 Å². The maximum absolute atomic E-state index is 12.7. The van der Waals surface area contributed by atoms with Crippen LogP contribution in [-0.2, 0) is 4.74 Å². The van der Waals surface area contributed by atoms with Crippen LogP contribution in [0.1, 0.15) is 24.5 Å². The monoisotopic (exact) mass is 501 g/mol. The number of nitrogens with one attached hydrogen (secondary N) is 2. The van der Waals surface area contributed by atoms with Gasteiger partial charge in [0.1, 0.15) is 17.6 Å². The molecule has 0 saturated carbocycles. The van der Waals surface area contributed by atoms with Crippen LogP contribution in [0.25, 0.3) is 10.9 Å². The molecule has 192 valence electrons. The standard InChI is InChI=1S/C29H31N3O5/c1-18-19(2)23(36-24-11-14-31-22-16-26(35-5)25(34-4)15-20(22)24)10-9-21(18)32-28(33)37-27(17-30)29(3)12-7-6-8-13-29/h6-12,14-17,27,30H,13H2,1-5H3,(H,32,33). The lowest BCUT2D eigenvalue weighted by molar-refractivity contribution is 0.0912. The number of benzene rings is 2. The first-order valence-electron chi connectivity index (χ1n) is 11.9. The molecule has 0 fully saturated rings. The molecule has 2 aromatic carbocycles. The van der Waals surface area contributed by atoms with Crippen LogP contribution in [-0.4, -0.2) is 37.6 Å². The van der Waals surface area contributed by atoms with Crippen molar-refractivity contribution in [1.82, 2.24) is 4.98 Å². The predicted octanol–water partition coefficient (Wildman–Crippen LogP) is 6.75. The highest BCUT2D eigenvalue weighted by Crippen LogP contribution is 2.39. The average molecular weight is 502 g/mol. The minimum atomic E-state index is -0.687. The van der Waals surface area contributed by atoms with Crippen molar-refractivity contribution < 1.29 is 23.7 Å². The Balaban J connectivity index is 1.54. The second-order valence-corrected chi connectivity index (χ2v) is 9.11. The molecule has 1 amide bonds. The van der Waals surface area contributed by atoms with Gasteiger partial charge in [-0.3, -0.25) is 10.3 Å². The number of anilines is 1. The number of hydrogen-bond donors (Lipinski definition) is 2. The summed E-state index contributed by atoms with van der Waals surface area (Å²) in [6.07, 6.45) is 10.0.